The first kappa shape index (κ1) is 13.0. The fourth-order valence-electron chi connectivity index (χ4n) is 2.41. The van der Waals surface area contributed by atoms with Crippen molar-refractivity contribution in [3.8, 4) is 0 Å². The predicted octanol–water partition coefficient (Wildman–Crippen LogP) is 2.49. The van der Waals surface area contributed by atoms with Crippen LogP contribution in [0.3, 0.4) is 0 Å². The van der Waals surface area contributed by atoms with Crippen LogP contribution in [-0.2, 0) is 0 Å². The van der Waals surface area contributed by atoms with Gasteiger partial charge in [-0.1, -0.05) is 20.3 Å². The second-order valence-electron chi connectivity index (χ2n) is 5.34. The second kappa shape index (κ2) is 6.49. The Kier molecular flexibility index (Phi) is 5.62. The van der Waals surface area contributed by atoms with E-state index in [0.29, 0.717) is 12.1 Å². The van der Waals surface area contributed by atoms with Gasteiger partial charge in [-0.15, -0.1) is 0 Å². The fourth-order valence-corrected chi connectivity index (χ4v) is 2.41. The molecule has 0 saturated carbocycles. The third-order valence-electron chi connectivity index (χ3n) is 3.56. The van der Waals surface area contributed by atoms with Crippen LogP contribution in [-0.4, -0.2) is 36.6 Å². The number of nitrogens with one attached hydrogen (secondary N) is 1. The van der Waals surface area contributed by atoms with Gasteiger partial charge in [0.05, 0.1) is 0 Å². The molecule has 15 heavy (non-hydrogen) atoms. The molecule has 1 rings (SSSR count). The van der Waals surface area contributed by atoms with Gasteiger partial charge in [0.15, 0.2) is 0 Å². The summed E-state index contributed by atoms with van der Waals surface area (Å²) in [5, 5.41) is 3.63. The van der Waals surface area contributed by atoms with E-state index in [9.17, 15) is 0 Å². The molecule has 1 heterocycles. The van der Waals surface area contributed by atoms with E-state index >= 15 is 0 Å². The molecule has 0 aromatic rings. The Hall–Kier alpha value is -0.0800. The number of hydrogen-bond acceptors (Lipinski definition) is 2. The molecule has 3 atom stereocenters. The molecule has 0 aliphatic carbocycles. The second-order valence-corrected chi connectivity index (χ2v) is 5.34. The van der Waals surface area contributed by atoms with Crippen molar-refractivity contribution >= 4 is 0 Å². The zero-order valence-corrected chi connectivity index (χ0v) is 10.9. The molecule has 0 aromatic carbocycles. The van der Waals surface area contributed by atoms with Crippen molar-refractivity contribution in [2.45, 2.75) is 59.0 Å². The molecule has 1 fully saturated rings. The van der Waals surface area contributed by atoms with Gasteiger partial charge in [0.1, 0.15) is 0 Å². The molecular weight excluding hydrogens is 184 g/mol. The lowest BCUT2D eigenvalue weighted by atomic mass is 10.1. The van der Waals surface area contributed by atoms with Gasteiger partial charge in [0.2, 0.25) is 0 Å². The molecule has 1 saturated heterocycles. The van der Waals surface area contributed by atoms with Crippen LogP contribution in [0.1, 0.15) is 47.0 Å². The van der Waals surface area contributed by atoms with Gasteiger partial charge in [-0.05, 0) is 39.2 Å². The first-order valence-corrected chi connectivity index (χ1v) is 6.61. The summed E-state index contributed by atoms with van der Waals surface area (Å²) < 4.78 is 0. The maximum atomic E-state index is 3.63. The summed E-state index contributed by atoms with van der Waals surface area (Å²) in [6.45, 7) is 13.0. The van der Waals surface area contributed by atoms with E-state index in [0.717, 1.165) is 12.5 Å². The summed E-state index contributed by atoms with van der Waals surface area (Å²) in [5.74, 6) is 0.903. The smallest absolute Gasteiger partial charge is 0.0192 e. The van der Waals surface area contributed by atoms with Crippen LogP contribution in [0.15, 0.2) is 0 Å². The lowest BCUT2D eigenvalue weighted by molar-refractivity contribution is 0.239. The van der Waals surface area contributed by atoms with Gasteiger partial charge in [0.25, 0.3) is 0 Å². The lowest BCUT2D eigenvalue weighted by Crippen LogP contribution is -2.41. The lowest BCUT2D eigenvalue weighted by Gasteiger charge is -2.26. The fraction of sp³-hybridized carbons (Fsp3) is 1.00. The normalized spacial score (nSPS) is 26.8. The summed E-state index contributed by atoms with van der Waals surface area (Å²) in [7, 11) is 0. The standard InChI is InChI=1S/C13H28N2/c1-5-6-12(3)14-9-13(4)15-8-7-11(2)10-15/h11-14H,5-10H2,1-4H3. The molecule has 2 nitrogen and oxygen atoms in total. The number of likely N-dealkylation sites (tertiary alicyclic amines) is 1. The van der Waals surface area contributed by atoms with Crippen LogP contribution >= 0.6 is 0 Å². The Morgan fingerprint density at radius 3 is 2.67 bits per heavy atom. The Balaban J connectivity index is 2.15. The molecule has 2 heteroatoms. The van der Waals surface area contributed by atoms with Crippen LogP contribution in [0.4, 0.5) is 0 Å². The van der Waals surface area contributed by atoms with Crippen LogP contribution in [0.25, 0.3) is 0 Å². The minimum Gasteiger partial charge on any atom is -0.313 e. The quantitative estimate of drug-likeness (QED) is 0.728. The van der Waals surface area contributed by atoms with Gasteiger partial charge < -0.3 is 5.32 Å². The molecular formula is C13H28N2. The Labute approximate surface area is 95.4 Å². The third kappa shape index (κ3) is 4.52. The van der Waals surface area contributed by atoms with Crippen molar-refractivity contribution in [1.82, 2.24) is 10.2 Å². The van der Waals surface area contributed by atoms with Crippen LogP contribution in [0.2, 0.25) is 0 Å². The van der Waals surface area contributed by atoms with Crippen molar-refractivity contribution in [2.24, 2.45) is 5.92 Å². The number of hydrogen-bond donors (Lipinski definition) is 1. The molecule has 0 aromatic heterocycles. The molecule has 1 N–H and O–H groups in total. The first-order chi connectivity index (χ1) is 7.13. The summed E-state index contributed by atoms with van der Waals surface area (Å²) in [6.07, 6.45) is 3.96. The molecule has 0 bridgehead atoms. The van der Waals surface area contributed by atoms with Crippen LogP contribution in [0, 0.1) is 5.92 Å². The maximum absolute atomic E-state index is 3.63. The van der Waals surface area contributed by atoms with E-state index in [1.165, 1.54) is 32.4 Å². The molecule has 0 spiro atoms. The van der Waals surface area contributed by atoms with Crippen molar-refractivity contribution in [1.29, 1.82) is 0 Å². The first-order valence-electron chi connectivity index (χ1n) is 6.61. The van der Waals surface area contributed by atoms with E-state index in [1.54, 1.807) is 0 Å². The van der Waals surface area contributed by atoms with Crippen LogP contribution in [0.5, 0.6) is 0 Å². The Morgan fingerprint density at radius 2 is 2.13 bits per heavy atom. The van der Waals surface area contributed by atoms with Crippen molar-refractivity contribution in [3.63, 3.8) is 0 Å². The van der Waals surface area contributed by atoms with E-state index in [4.69, 9.17) is 0 Å². The van der Waals surface area contributed by atoms with Crippen LogP contribution < -0.4 is 5.32 Å². The van der Waals surface area contributed by atoms with Crippen molar-refractivity contribution < 1.29 is 0 Å². The average molecular weight is 212 g/mol. The predicted molar refractivity (Wildman–Crippen MR) is 67.2 cm³/mol. The Bertz CT molecular complexity index is 170. The summed E-state index contributed by atoms with van der Waals surface area (Å²) in [5.41, 5.74) is 0. The minimum absolute atomic E-state index is 0.678. The highest BCUT2D eigenvalue weighted by Gasteiger charge is 2.22. The summed E-state index contributed by atoms with van der Waals surface area (Å²) >= 11 is 0. The van der Waals surface area contributed by atoms with Gasteiger partial charge in [-0.2, -0.15) is 0 Å². The van der Waals surface area contributed by atoms with E-state index in [-0.39, 0.29) is 0 Å². The largest absolute Gasteiger partial charge is 0.313 e. The average Bonchev–Trinajstić information content (AvgIpc) is 2.62. The highest BCUT2D eigenvalue weighted by molar-refractivity contribution is 4.79. The topological polar surface area (TPSA) is 15.3 Å². The van der Waals surface area contributed by atoms with Crippen molar-refractivity contribution in [2.75, 3.05) is 19.6 Å². The van der Waals surface area contributed by atoms with Crippen molar-refractivity contribution in [3.05, 3.63) is 0 Å². The van der Waals surface area contributed by atoms with E-state index in [2.05, 4.69) is 37.9 Å². The van der Waals surface area contributed by atoms with Gasteiger partial charge >= 0.3 is 0 Å². The maximum Gasteiger partial charge on any atom is 0.0192 e. The van der Waals surface area contributed by atoms with Gasteiger partial charge in [-0.3, -0.25) is 4.90 Å². The highest BCUT2D eigenvalue weighted by atomic mass is 15.2. The summed E-state index contributed by atoms with van der Waals surface area (Å²) in [6, 6.07) is 1.38. The number of nitrogens with zero attached hydrogens (tertiary/aromatic N) is 1. The van der Waals surface area contributed by atoms with E-state index in [1.807, 2.05) is 0 Å². The minimum atomic E-state index is 0.678. The SMILES string of the molecule is CCCC(C)NCC(C)N1CCC(C)C1. The molecule has 1 aliphatic rings. The molecule has 0 amide bonds. The zero-order valence-electron chi connectivity index (χ0n) is 10.9. The monoisotopic (exact) mass is 212 g/mol. The third-order valence-corrected chi connectivity index (χ3v) is 3.56. The molecule has 3 unspecified atom stereocenters. The summed E-state index contributed by atoms with van der Waals surface area (Å²) in [4.78, 5) is 2.62. The molecule has 1 aliphatic heterocycles. The number of rotatable bonds is 6. The highest BCUT2D eigenvalue weighted by Crippen LogP contribution is 2.17. The molecule has 0 radical (unpaired) electrons. The zero-order chi connectivity index (χ0) is 11.3. The Morgan fingerprint density at radius 1 is 1.40 bits per heavy atom. The van der Waals surface area contributed by atoms with Gasteiger partial charge in [-0.25, -0.2) is 0 Å². The van der Waals surface area contributed by atoms with Gasteiger partial charge in [0, 0.05) is 25.2 Å². The van der Waals surface area contributed by atoms with E-state index < -0.39 is 0 Å². The molecule has 90 valence electrons.